The lowest BCUT2D eigenvalue weighted by atomic mass is 10.1. The lowest BCUT2D eigenvalue weighted by Gasteiger charge is -2.21. The van der Waals surface area contributed by atoms with Crippen molar-refractivity contribution in [3.8, 4) is 0 Å². The number of amides is 2. The molecule has 2 rings (SSSR count). The van der Waals surface area contributed by atoms with Gasteiger partial charge in [-0.1, -0.05) is 6.07 Å². The van der Waals surface area contributed by atoms with Crippen molar-refractivity contribution >= 4 is 35.1 Å². The standard InChI is InChI=1S/C12H13N3O5S/c1-7-8(3-2-4-9(7)15(19)20)13-12(18)14-6-21-5-10(14)11(16)17/h2-4,10H,5-6H2,1H3,(H,13,18)(H,16,17). The van der Waals surface area contributed by atoms with E-state index < -0.39 is 23.0 Å². The van der Waals surface area contributed by atoms with Gasteiger partial charge in [0, 0.05) is 11.8 Å². The van der Waals surface area contributed by atoms with Crippen LogP contribution in [-0.4, -0.2) is 44.6 Å². The van der Waals surface area contributed by atoms with Crippen LogP contribution in [0, 0.1) is 17.0 Å². The summed E-state index contributed by atoms with van der Waals surface area (Å²) in [6, 6.07) is 2.90. The zero-order valence-electron chi connectivity index (χ0n) is 11.1. The van der Waals surface area contributed by atoms with Gasteiger partial charge in [-0.2, -0.15) is 0 Å². The molecule has 0 saturated carbocycles. The third kappa shape index (κ3) is 3.07. The van der Waals surface area contributed by atoms with Crippen LogP contribution in [0.3, 0.4) is 0 Å². The fraction of sp³-hybridized carbons (Fsp3) is 0.333. The molecule has 1 unspecified atom stereocenters. The van der Waals surface area contributed by atoms with Crippen molar-refractivity contribution in [2.24, 2.45) is 0 Å². The van der Waals surface area contributed by atoms with Crippen LogP contribution in [0.1, 0.15) is 5.56 Å². The van der Waals surface area contributed by atoms with E-state index in [-0.39, 0.29) is 11.6 Å². The number of carboxylic acids is 1. The molecule has 112 valence electrons. The van der Waals surface area contributed by atoms with Crippen LogP contribution in [-0.2, 0) is 4.79 Å². The molecule has 1 saturated heterocycles. The highest BCUT2D eigenvalue weighted by Crippen LogP contribution is 2.27. The molecule has 1 fully saturated rings. The zero-order chi connectivity index (χ0) is 15.6. The third-order valence-corrected chi connectivity index (χ3v) is 4.18. The highest BCUT2D eigenvalue weighted by Gasteiger charge is 2.34. The molecule has 1 atom stereocenters. The van der Waals surface area contributed by atoms with Gasteiger partial charge < -0.3 is 15.3 Å². The lowest BCUT2D eigenvalue weighted by molar-refractivity contribution is -0.385. The molecule has 21 heavy (non-hydrogen) atoms. The number of urea groups is 1. The zero-order valence-corrected chi connectivity index (χ0v) is 11.9. The van der Waals surface area contributed by atoms with Crippen LogP contribution in [0.25, 0.3) is 0 Å². The van der Waals surface area contributed by atoms with Crippen LogP contribution in [0.15, 0.2) is 18.2 Å². The molecule has 9 heteroatoms. The quantitative estimate of drug-likeness (QED) is 0.651. The summed E-state index contributed by atoms with van der Waals surface area (Å²) in [6.07, 6.45) is 0. The Morgan fingerprint density at radius 1 is 1.52 bits per heavy atom. The normalized spacial score (nSPS) is 17.6. The maximum absolute atomic E-state index is 12.1. The molecule has 1 aromatic carbocycles. The molecule has 8 nitrogen and oxygen atoms in total. The molecule has 0 aromatic heterocycles. The third-order valence-electron chi connectivity index (χ3n) is 3.17. The Kier molecular flexibility index (Phi) is 4.32. The summed E-state index contributed by atoms with van der Waals surface area (Å²) in [7, 11) is 0. The number of carbonyl (C=O) groups excluding carboxylic acids is 1. The van der Waals surface area contributed by atoms with E-state index >= 15 is 0 Å². The van der Waals surface area contributed by atoms with Gasteiger partial charge in [-0.15, -0.1) is 11.8 Å². The van der Waals surface area contributed by atoms with Crippen molar-refractivity contribution in [3.63, 3.8) is 0 Å². The SMILES string of the molecule is Cc1c(NC(=O)N2CSCC2C(=O)O)cccc1[N+](=O)[O-]. The number of nitro groups is 1. The molecule has 1 heterocycles. The number of nitrogens with one attached hydrogen (secondary N) is 1. The number of carbonyl (C=O) groups is 2. The van der Waals surface area contributed by atoms with E-state index in [0.29, 0.717) is 17.0 Å². The molecule has 1 aliphatic heterocycles. The van der Waals surface area contributed by atoms with Crippen LogP contribution in [0.4, 0.5) is 16.2 Å². The summed E-state index contributed by atoms with van der Waals surface area (Å²) in [5.74, 6) is -0.459. The van der Waals surface area contributed by atoms with Gasteiger partial charge in [-0.25, -0.2) is 9.59 Å². The van der Waals surface area contributed by atoms with Gasteiger partial charge in [-0.05, 0) is 13.0 Å². The molecule has 1 aliphatic rings. The van der Waals surface area contributed by atoms with E-state index in [2.05, 4.69) is 5.32 Å². The second-order valence-electron chi connectivity index (χ2n) is 4.46. The number of nitrogens with zero attached hydrogens (tertiary/aromatic N) is 2. The first kappa shape index (κ1) is 15.1. The van der Waals surface area contributed by atoms with Gasteiger partial charge >= 0.3 is 12.0 Å². The van der Waals surface area contributed by atoms with Crippen LogP contribution in [0.5, 0.6) is 0 Å². The smallest absolute Gasteiger partial charge is 0.327 e. The van der Waals surface area contributed by atoms with E-state index in [1.54, 1.807) is 6.07 Å². The van der Waals surface area contributed by atoms with Gasteiger partial charge in [0.25, 0.3) is 5.69 Å². The van der Waals surface area contributed by atoms with Crippen molar-refractivity contribution < 1.29 is 19.6 Å². The Bertz CT molecular complexity index is 607. The highest BCUT2D eigenvalue weighted by molar-refractivity contribution is 7.99. The van der Waals surface area contributed by atoms with Gasteiger partial charge in [0.2, 0.25) is 0 Å². The Morgan fingerprint density at radius 3 is 2.86 bits per heavy atom. The summed E-state index contributed by atoms with van der Waals surface area (Å²) in [5, 5.41) is 22.4. The van der Waals surface area contributed by atoms with Gasteiger partial charge in [-0.3, -0.25) is 10.1 Å². The molecule has 0 bridgehead atoms. The molecule has 0 radical (unpaired) electrons. The average molecular weight is 311 g/mol. The minimum absolute atomic E-state index is 0.0987. The molecule has 2 N–H and O–H groups in total. The maximum Gasteiger partial charge on any atom is 0.327 e. The summed E-state index contributed by atoms with van der Waals surface area (Å²) < 4.78 is 0. The number of carboxylic acid groups (broad SMARTS) is 1. The number of benzene rings is 1. The second kappa shape index (κ2) is 6.00. The van der Waals surface area contributed by atoms with E-state index in [0.717, 1.165) is 0 Å². The van der Waals surface area contributed by atoms with Gasteiger partial charge in [0.15, 0.2) is 0 Å². The summed E-state index contributed by atoms with van der Waals surface area (Å²) in [4.78, 5) is 34.7. The van der Waals surface area contributed by atoms with E-state index in [1.807, 2.05) is 0 Å². The Hall–Kier alpha value is -2.29. The van der Waals surface area contributed by atoms with Gasteiger partial charge in [0.05, 0.1) is 22.1 Å². The Balaban J connectivity index is 2.18. The first-order chi connectivity index (χ1) is 9.91. The summed E-state index contributed by atoms with van der Waals surface area (Å²) in [6.45, 7) is 1.53. The highest BCUT2D eigenvalue weighted by atomic mass is 32.2. The topological polar surface area (TPSA) is 113 Å². The van der Waals surface area contributed by atoms with Crippen LogP contribution < -0.4 is 5.32 Å². The molecular weight excluding hydrogens is 298 g/mol. The fourth-order valence-corrected chi connectivity index (χ4v) is 3.14. The van der Waals surface area contributed by atoms with Crippen molar-refractivity contribution in [3.05, 3.63) is 33.9 Å². The van der Waals surface area contributed by atoms with Crippen molar-refractivity contribution in [1.29, 1.82) is 0 Å². The molecular formula is C12H13N3O5S. The minimum Gasteiger partial charge on any atom is -0.480 e. The Labute approximate surface area is 124 Å². The van der Waals surface area contributed by atoms with Gasteiger partial charge in [0.1, 0.15) is 6.04 Å². The lowest BCUT2D eigenvalue weighted by Crippen LogP contribution is -2.44. The van der Waals surface area contributed by atoms with E-state index in [9.17, 15) is 19.7 Å². The minimum atomic E-state index is -1.06. The maximum atomic E-state index is 12.1. The molecule has 2 amide bonds. The average Bonchev–Trinajstić information content (AvgIpc) is 2.90. The first-order valence-electron chi connectivity index (χ1n) is 6.04. The fourth-order valence-electron chi connectivity index (χ4n) is 1.99. The molecule has 0 aliphatic carbocycles. The number of hydrogen-bond acceptors (Lipinski definition) is 5. The van der Waals surface area contributed by atoms with Crippen molar-refractivity contribution in [1.82, 2.24) is 4.90 Å². The number of thioether (sulfide) groups is 1. The predicted octanol–water partition coefficient (Wildman–Crippen LogP) is 1.89. The second-order valence-corrected chi connectivity index (χ2v) is 5.46. The number of hydrogen-bond donors (Lipinski definition) is 2. The number of nitro benzene ring substituents is 1. The van der Waals surface area contributed by atoms with Crippen molar-refractivity contribution in [2.45, 2.75) is 13.0 Å². The van der Waals surface area contributed by atoms with Crippen LogP contribution >= 0.6 is 11.8 Å². The monoisotopic (exact) mass is 311 g/mol. The van der Waals surface area contributed by atoms with Crippen LogP contribution in [0.2, 0.25) is 0 Å². The number of rotatable bonds is 3. The molecule has 1 aromatic rings. The molecule has 0 spiro atoms. The Morgan fingerprint density at radius 2 is 2.24 bits per heavy atom. The predicted molar refractivity (Wildman–Crippen MR) is 77.4 cm³/mol. The van der Waals surface area contributed by atoms with E-state index in [1.165, 1.54) is 35.7 Å². The summed E-state index contributed by atoms with van der Waals surface area (Å²) in [5.41, 5.74) is 0.531. The number of aliphatic carboxylic acids is 1. The summed E-state index contributed by atoms with van der Waals surface area (Å²) >= 11 is 1.35. The largest absolute Gasteiger partial charge is 0.480 e. The first-order valence-corrected chi connectivity index (χ1v) is 7.19. The number of anilines is 1. The van der Waals surface area contributed by atoms with E-state index in [4.69, 9.17) is 5.11 Å². The van der Waals surface area contributed by atoms with Crippen molar-refractivity contribution in [2.75, 3.05) is 16.9 Å².